The highest BCUT2D eigenvalue weighted by atomic mass is 16.8. The Morgan fingerprint density at radius 3 is 0.837 bits per heavy atom. The maximum absolute atomic E-state index is 14.6. The minimum absolute atomic E-state index is 0.0583. The summed E-state index contributed by atoms with van der Waals surface area (Å²) in [7, 11) is 0. The number of carbonyl (C=O) groups excluding carboxylic acids is 8. The topological polar surface area (TPSA) is 247 Å². The lowest BCUT2D eigenvalue weighted by Crippen LogP contribution is -2.63. The van der Waals surface area contributed by atoms with Crippen LogP contribution in [0, 0.1) is 0 Å². The highest BCUT2D eigenvalue weighted by Crippen LogP contribution is 2.36. The van der Waals surface area contributed by atoms with E-state index in [4.69, 9.17) is 56.8 Å². The average Bonchev–Trinajstić information content (AvgIpc) is 0.781. The van der Waals surface area contributed by atoms with Gasteiger partial charge in [0.05, 0.1) is 57.2 Å². The fraction of sp³-hybridized carbons (Fsp3) is 0.205. The molecule has 1 unspecified atom stereocenters. The van der Waals surface area contributed by atoms with E-state index in [2.05, 4.69) is 0 Å². The fourth-order valence-corrected chi connectivity index (χ4v) is 10.9. The van der Waals surface area contributed by atoms with Gasteiger partial charge in [-0.2, -0.15) is 0 Å². The molecule has 11 rings (SSSR count). The van der Waals surface area contributed by atoms with Gasteiger partial charge < -0.3 is 56.8 Å². The molecule has 2 aliphatic heterocycles. The van der Waals surface area contributed by atoms with Crippen LogP contribution in [0.5, 0.6) is 0 Å². The standard InChI is InChI=1S/C78H66O20/c79-69(52-30-12-2-13-31-52)88-49-61-63(93-71(81)54-34-16-4-17-35-54)65(95-73(83)56-38-20-6-21-39-56)67(97-75(85)58-42-24-8-25-43-58)77(91-61)87-47-46-60(48-51-28-10-1-11-29-51)90-78-68(98-76(86)59-44-26-9-27-45-59)66(96-74(84)57-40-22-7-23-41-57)64(94-72(82)55-36-18-5-19-37-55)62(92-78)50-89-70(80)53-32-14-3-15-33-53/h1-45,60-68,77-78H,46-50H2/t60?,61-,62-,63-,64-,65+,66+,67+,68+,77+,78+/m0/s1. The van der Waals surface area contributed by atoms with E-state index in [9.17, 15) is 38.4 Å². The summed E-state index contributed by atoms with van der Waals surface area (Å²) < 4.78 is 77.0. The largest absolute Gasteiger partial charge is 0.459 e. The molecule has 498 valence electrons. The van der Waals surface area contributed by atoms with Gasteiger partial charge in [0.1, 0.15) is 25.4 Å². The number of hydrogen-bond acceptors (Lipinski definition) is 20. The summed E-state index contributed by atoms with van der Waals surface area (Å²) in [4.78, 5) is 114. The molecule has 0 saturated carbocycles. The average molecular weight is 1320 g/mol. The molecule has 11 atom stereocenters. The van der Waals surface area contributed by atoms with Crippen LogP contribution >= 0.6 is 0 Å². The molecule has 0 bridgehead atoms. The van der Waals surface area contributed by atoms with Gasteiger partial charge in [-0.15, -0.1) is 0 Å². The zero-order valence-corrected chi connectivity index (χ0v) is 52.5. The van der Waals surface area contributed by atoms with E-state index < -0.39 is 128 Å². The highest BCUT2D eigenvalue weighted by Gasteiger charge is 2.56. The summed E-state index contributed by atoms with van der Waals surface area (Å²) in [5.74, 6) is -7.10. The number of esters is 8. The normalized spacial score (nSPS) is 20.5. The van der Waals surface area contributed by atoms with Crippen LogP contribution < -0.4 is 0 Å². The third-order valence-electron chi connectivity index (χ3n) is 15.8. The summed E-state index contributed by atoms with van der Waals surface area (Å²) in [5.41, 5.74) is 1.49. The first-order valence-electron chi connectivity index (χ1n) is 31.5. The number of rotatable bonds is 26. The molecule has 2 aliphatic rings. The second kappa shape index (κ2) is 33.8. The van der Waals surface area contributed by atoms with E-state index in [1.54, 1.807) is 158 Å². The molecule has 0 N–H and O–H groups in total. The van der Waals surface area contributed by atoms with Crippen molar-refractivity contribution in [2.75, 3.05) is 19.8 Å². The van der Waals surface area contributed by atoms with E-state index in [1.807, 2.05) is 18.2 Å². The summed E-state index contributed by atoms with van der Waals surface area (Å²) in [6.07, 6.45) is -18.2. The van der Waals surface area contributed by atoms with Crippen molar-refractivity contribution < 1.29 is 95.2 Å². The predicted molar refractivity (Wildman–Crippen MR) is 350 cm³/mol. The van der Waals surface area contributed by atoms with E-state index in [-0.39, 0.29) is 64.0 Å². The lowest BCUT2D eigenvalue weighted by atomic mass is 9.97. The molecular weight excluding hydrogens is 1260 g/mol. The maximum atomic E-state index is 14.6. The number of carbonyl (C=O) groups is 8. The molecule has 2 saturated heterocycles. The van der Waals surface area contributed by atoms with Crippen molar-refractivity contribution >= 4 is 47.8 Å². The third-order valence-corrected chi connectivity index (χ3v) is 15.8. The number of ether oxygens (including phenoxy) is 12. The van der Waals surface area contributed by atoms with E-state index >= 15 is 0 Å². The van der Waals surface area contributed by atoms with Crippen LogP contribution in [-0.2, 0) is 63.3 Å². The van der Waals surface area contributed by atoms with Crippen LogP contribution in [0.1, 0.15) is 94.8 Å². The lowest BCUT2D eigenvalue weighted by molar-refractivity contribution is -0.313. The Kier molecular flexibility index (Phi) is 23.4. The summed E-state index contributed by atoms with van der Waals surface area (Å²) in [6, 6.07) is 72.7. The highest BCUT2D eigenvalue weighted by molar-refractivity contribution is 5.93. The molecule has 98 heavy (non-hydrogen) atoms. The minimum Gasteiger partial charge on any atom is -0.459 e. The van der Waals surface area contributed by atoms with Gasteiger partial charge in [0, 0.05) is 0 Å². The molecule has 20 heteroatoms. The van der Waals surface area contributed by atoms with Gasteiger partial charge in [0.25, 0.3) is 0 Å². The van der Waals surface area contributed by atoms with Gasteiger partial charge in [0.15, 0.2) is 49.2 Å². The van der Waals surface area contributed by atoms with Crippen LogP contribution in [0.4, 0.5) is 0 Å². The van der Waals surface area contributed by atoms with Crippen molar-refractivity contribution in [2.24, 2.45) is 0 Å². The van der Waals surface area contributed by atoms with Crippen LogP contribution in [0.2, 0.25) is 0 Å². The molecule has 0 aliphatic carbocycles. The Balaban J connectivity index is 0.976. The SMILES string of the molecule is O=C(OC[C@@H]1O[C@@H](OCCC(Cc2ccccc2)O[C@@H]2O[C@@H](COC(=O)c3ccccc3)[C@H](OC(=O)c3ccccc3)[C@@H](OC(=O)c3ccccc3)[C@H]2OC(=O)c2ccccc2)[C@H](OC(=O)c2ccccc2)[C@H](OC(=O)c2ccccc2)[C@H]1OC(=O)c1ccccc1)c1ccccc1. The third kappa shape index (κ3) is 18.1. The molecule has 0 aromatic heterocycles. The van der Waals surface area contributed by atoms with E-state index in [0.29, 0.717) is 5.56 Å². The summed E-state index contributed by atoms with van der Waals surface area (Å²) >= 11 is 0. The molecule has 0 spiro atoms. The summed E-state index contributed by atoms with van der Waals surface area (Å²) in [5, 5.41) is 0. The number of benzene rings is 9. The Hall–Kier alpha value is -11.4. The smallest absolute Gasteiger partial charge is 0.338 e. The second-order valence-electron chi connectivity index (χ2n) is 22.5. The van der Waals surface area contributed by atoms with Crippen LogP contribution in [0.25, 0.3) is 0 Å². The summed E-state index contributed by atoms with van der Waals surface area (Å²) in [6.45, 7) is -1.66. The van der Waals surface area contributed by atoms with Gasteiger partial charge in [-0.1, -0.05) is 176 Å². The Morgan fingerprint density at radius 1 is 0.286 bits per heavy atom. The van der Waals surface area contributed by atoms with Crippen molar-refractivity contribution in [3.05, 3.63) is 323 Å². The molecule has 9 aromatic rings. The molecule has 9 aromatic carbocycles. The van der Waals surface area contributed by atoms with Crippen LogP contribution in [-0.4, -0.2) is 135 Å². The van der Waals surface area contributed by atoms with Crippen LogP contribution in [0.3, 0.4) is 0 Å². The zero-order valence-electron chi connectivity index (χ0n) is 52.5. The van der Waals surface area contributed by atoms with Crippen molar-refractivity contribution in [3.63, 3.8) is 0 Å². The van der Waals surface area contributed by atoms with Gasteiger partial charge in [0.2, 0.25) is 0 Å². The van der Waals surface area contributed by atoms with Crippen LogP contribution in [0.15, 0.2) is 273 Å². The van der Waals surface area contributed by atoms with Gasteiger partial charge in [-0.25, -0.2) is 38.4 Å². The van der Waals surface area contributed by atoms with Gasteiger partial charge >= 0.3 is 47.8 Å². The zero-order chi connectivity index (χ0) is 68.0. The minimum atomic E-state index is -1.79. The Morgan fingerprint density at radius 2 is 0.531 bits per heavy atom. The predicted octanol–water partition coefficient (Wildman–Crippen LogP) is 11.5. The monoisotopic (exact) mass is 1320 g/mol. The van der Waals surface area contributed by atoms with Gasteiger partial charge in [-0.05, 0) is 115 Å². The Bertz CT molecular complexity index is 4080. The van der Waals surface area contributed by atoms with Crippen molar-refractivity contribution in [3.8, 4) is 0 Å². The van der Waals surface area contributed by atoms with E-state index in [0.717, 1.165) is 0 Å². The first kappa shape index (κ1) is 68.0. The Labute approximate surface area is 563 Å². The first-order chi connectivity index (χ1) is 47.9. The molecule has 0 radical (unpaired) electrons. The lowest BCUT2D eigenvalue weighted by Gasteiger charge is -2.45. The van der Waals surface area contributed by atoms with Crippen molar-refractivity contribution in [1.82, 2.24) is 0 Å². The quantitative estimate of drug-likeness (QED) is 0.0361. The molecule has 2 fully saturated rings. The van der Waals surface area contributed by atoms with Crippen molar-refractivity contribution in [2.45, 2.75) is 80.4 Å². The molecule has 20 nitrogen and oxygen atoms in total. The maximum Gasteiger partial charge on any atom is 0.338 e. The second-order valence-corrected chi connectivity index (χ2v) is 22.5. The molecule has 0 amide bonds. The fourth-order valence-electron chi connectivity index (χ4n) is 10.9. The van der Waals surface area contributed by atoms with Crippen molar-refractivity contribution in [1.29, 1.82) is 0 Å². The first-order valence-corrected chi connectivity index (χ1v) is 31.5. The van der Waals surface area contributed by atoms with E-state index in [1.165, 1.54) is 97.1 Å². The molecule has 2 heterocycles. The van der Waals surface area contributed by atoms with Gasteiger partial charge in [-0.3, -0.25) is 0 Å². The number of hydrogen-bond donors (Lipinski definition) is 0. The molecular formula is C78H66O20.